The minimum absolute atomic E-state index is 0.425. The Labute approximate surface area is 55.8 Å². The van der Waals surface area contributed by atoms with Crippen LogP contribution in [-0.4, -0.2) is 17.0 Å². The van der Waals surface area contributed by atoms with Crippen molar-refractivity contribution in [3.8, 4) is 0 Å². The maximum Gasteiger partial charge on any atom is 0.140 e. The van der Waals surface area contributed by atoms with Gasteiger partial charge in [0.05, 0.1) is 0 Å². The van der Waals surface area contributed by atoms with Crippen LogP contribution in [0, 0.1) is 0 Å². The molecule has 0 aromatic rings. The molecule has 0 aromatic heterocycles. The fourth-order valence-corrected chi connectivity index (χ4v) is 0.710. The zero-order chi connectivity index (χ0) is 7.11. The highest BCUT2D eigenvalue weighted by atomic mass is 16.8. The van der Waals surface area contributed by atoms with Crippen molar-refractivity contribution in [1.82, 2.24) is 0 Å². The van der Waals surface area contributed by atoms with Crippen LogP contribution < -0.4 is 5.23 Å². The molecule has 3 nitrogen and oxygen atoms in total. The summed E-state index contributed by atoms with van der Waals surface area (Å²) in [4.78, 5) is 0. The van der Waals surface area contributed by atoms with Crippen LogP contribution in [-0.2, 0) is 0 Å². The summed E-state index contributed by atoms with van der Waals surface area (Å²) < 4.78 is 0. The van der Waals surface area contributed by atoms with E-state index in [1.807, 2.05) is 0 Å². The molecule has 56 valence electrons. The third-order valence-electron chi connectivity index (χ3n) is 1.25. The Morgan fingerprint density at radius 2 is 1.78 bits per heavy atom. The summed E-state index contributed by atoms with van der Waals surface area (Å²) in [6, 6.07) is 0. The molecular formula is C6H16NO2+. The molecular weight excluding hydrogens is 118 g/mol. The Morgan fingerprint density at radius 3 is 2.22 bits per heavy atom. The minimum Gasteiger partial charge on any atom is -0.184 e. The molecule has 0 aliphatic carbocycles. The number of hydrogen-bond donors (Lipinski definition) is 3. The molecule has 0 atom stereocenters. The zero-order valence-corrected chi connectivity index (χ0v) is 5.93. The fourth-order valence-electron chi connectivity index (χ4n) is 0.710. The number of hydroxylamine groups is 2. The maximum atomic E-state index is 8.32. The van der Waals surface area contributed by atoms with Crippen LogP contribution in [0.5, 0.6) is 0 Å². The van der Waals surface area contributed by atoms with Gasteiger partial charge in [0, 0.05) is 6.42 Å². The summed E-state index contributed by atoms with van der Waals surface area (Å²) in [6.45, 7) is 2.57. The van der Waals surface area contributed by atoms with Gasteiger partial charge in [-0.1, -0.05) is 25.0 Å². The highest BCUT2D eigenvalue weighted by Crippen LogP contribution is 1.95. The second kappa shape index (κ2) is 6.01. The van der Waals surface area contributed by atoms with Crippen LogP contribution in [0.4, 0.5) is 0 Å². The molecule has 0 radical (unpaired) electrons. The highest BCUT2D eigenvalue weighted by Gasteiger charge is 1.95. The molecule has 3 heteroatoms. The molecule has 0 aliphatic heterocycles. The lowest BCUT2D eigenvalue weighted by atomic mass is 10.2. The number of rotatable bonds is 5. The van der Waals surface area contributed by atoms with Gasteiger partial charge in [0.2, 0.25) is 0 Å². The van der Waals surface area contributed by atoms with E-state index in [0.717, 1.165) is 12.8 Å². The number of quaternary nitrogens is 1. The van der Waals surface area contributed by atoms with Crippen LogP contribution >= 0.6 is 0 Å². The van der Waals surface area contributed by atoms with Crippen molar-refractivity contribution >= 4 is 0 Å². The number of hydrogen-bond acceptors (Lipinski definition) is 2. The van der Waals surface area contributed by atoms with Gasteiger partial charge in [0.1, 0.15) is 6.54 Å². The molecule has 0 saturated heterocycles. The monoisotopic (exact) mass is 134 g/mol. The predicted octanol–water partition coefficient (Wildman–Crippen LogP) is 0.230. The van der Waals surface area contributed by atoms with Gasteiger partial charge in [0.15, 0.2) is 0 Å². The first-order valence-corrected chi connectivity index (χ1v) is 3.51. The molecule has 0 aromatic carbocycles. The molecule has 0 rings (SSSR count). The van der Waals surface area contributed by atoms with Crippen LogP contribution in [0.2, 0.25) is 0 Å². The van der Waals surface area contributed by atoms with E-state index in [4.69, 9.17) is 10.4 Å². The van der Waals surface area contributed by atoms with Crippen molar-refractivity contribution in [3.63, 3.8) is 0 Å². The summed E-state index contributed by atoms with van der Waals surface area (Å²) >= 11 is 0. The van der Waals surface area contributed by atoms with E-state index in [-0.39, 0.29) is 0 Å². The van der Waals surface area contributed by atoms with Crippen molar-refractivity contribution in [2.24, 2.45) is 0 Å². The minimum atomic E-state index is -0.425. The van der Waals surface area contributed by atoms with E-state index in [9.17, 15) is 0 Å². The maximum absolute atomic E-state index is 8.32. The summed E-state index contributed by atoms with van der Waals surface area (Å²) in [7, 11) is 0. The first-order chi connectivity index (χ1) is 4.27. The van der Waals surface area contributed by atoms with E-state index in [1.54, 1.807) is 0 Å². The Hall–Kier alpha value is -0.120. The van der Waals surface area contributed by atoms with Crippen molar-refractivity contribution in [2.75, 3.05) is 6.54 Å². The smallest absolute Gasteiger partial charge is 0.140 e. The zero-order valence-electron chi connectivity index (χ0n) is 5.93. The van der Waals surface area contributed by atoms with Crippen molar-refractivity contribution in [1.29, 1.82) is 0 Å². The second-order valence-electron chi connectivity index (χ2n) is 2.23. The SMILES string of the molecule is CCCCCC[NH+](O)O. The second-order valence-corrected chi connectivity index (χ2v) is 2.23. The van der Waals surface area contributed by atoms with Crippen LogP contribution in [0.3, 0.4) is 0 Å². The van der Waals surface area contributed by atoms with Gasteiger partial charge in [-0.3, -0.25) is 0 Å². The molecule has 0 saturated carbocycles. The first kappa shape index (κ1) is 8.88. The van der Waals surface area contributed by atoms with E-state index >= 15 is 0 Å². The third kappa shape index (κ3) is 7.88. The van der Waals surface area contributed by atoms with Crippen molar-refractivity contribution in [2.45, 2.75) is 32.6 Å². The van der Waals surface area contributed by atoms with Crippen molar-refractivity contribution in [3.05, 3.63) is 0 Å². The largest absolute Gasteiger partial charge is 0.184 e. The Balaban J connectivity index is 2.75. The number of unbranched alkanes of at least 4 members (excludes halogenated alkanes) is 3. The molecule has 0 bridgehead atoms. The Morgan fingerprint density at radius 1 is 1.11 bits per heavy atom. The lowest BCUT2D eigenvalue weighted by Gasteiger charge is -1.99. The number of nitrogens with one attached hydrogen (secondary N) is 1. The molecule has 9 heavy (non-hydrogen) atoms. The molecule has 0 aliphatic rings. The van der Waals surface area contributed by atoms with Gasteiger partial charge in [-0.15, -0.1) is 0 Å². The Kier molecular flexibility index (Phi) is 5.93. The van der Waals surface area contributed by atoms with Gasteiger partial charge in [-0.05, 0) is 6.42 Å². The average molecular weight is 134 g/mol. The van der Waals surface area contributed by atoms with Gasteiger partial charge in [-0.25, -0.2) is 0 Å². The predicted molar refractivity (Wildman–Crippen MR) is 33.5 cm³/mol. The topological polar surface area (TPSA) is 44.9 Å². The van der Waals surface area contributed by atoms with Gasteiger partial charge < -0.3 is 0 Å². The molecule has 0 fully saturated rings. The van der Waals surface area contributed by atoms with Crippen LogP contribution in [0.15, 0.2) is 0 Å². The lowest BCUT2D eigenvalue weighted by molar-refractivity contribution is -1.24. The standard InChI is InChI=1S/C6H15NO2/c1-2-3-4-5-6-7(8)9/h8-9H,2-6H2,1H3/p+1. The molecule has 0 heterocycles. The van der Waals surface area contributed by atoms with E-state index < -0.39 is 5.23 Å². The summed E-state index contributed by atoms with van der Waals surface area (Å²) in [6.07, 6.45) is 4.37. The average Bonchev–Trinajstić information content (AvgIpc) is 1.80. The van der Waals surface area contributed by atoms with Crippen LogP contribution in [0.25, 0.3) is 0 Å². The summed E-state index contributed by atoms with van der Waals surface area (Å²) in [5.41, 5.74) is 0. The van der Waals surface area contributed by atoms with Crippen LogP contribution in [0.1, 0.15) is 32.6 Å². The van der Waals surface area contributed by atoms with E-state index in [2.05, 4.69) is 6.92 Å². The van der Waals surface area contributed by atoms with Crippen molar-refractivity contribution < 1.29 is 15.6 Å². The summed E-state index contributed by atoms with van der Waals surface area (Å²) in [5.74, 6) is 0. The molecule has 0 unspecified atom stereocenters. The normalized spacial score (nSPS) is 10.7. The van der Waals surface area contributed by atoms with Gasteiger partial charge in [-0.2, -0.15) is 10.4 Å². The molecule has 3 N–H and O–H groups in total. The molecule has 0 spiro atoms. The quantitative estimate of drug-likeness (QED) is 0.372. The lowest BCUT2D eigenvalue weighted by Crippen LogP contribution is -3.07. The third-order valence-corrected chi connectivity index (χ3v) is 1.25. The molecule has 0 amide bonds. The highest BCUT2D eigenvalue weighted by molar-refractivity contribution is 4.35. The first-order valence-electron chi connectivity index (χ1n) is 3.51. The van der Waals surface area contributed by atoms with Gasteiger partial charge in [0.25, 0.3) is 0 Å². The summed E-state index contributed by atoms with van der Waals surface area (Å²) in [5, 5.41) is 16.2. The fraction of sp³-hybridized carbons (Fsp3) is 1.00. The van der Waals surface area contributed by atoms with E-state index in [1.165, 1.54) is 12.8 Å². The van der Waals surface area contributed by atoms with E-state index in [0.29, 0.717) is 6.54 Å². The Bertz CT molecular complexity index is 57.0. The van der Waals surface area contributed by atoms with Gasteiger partial charge >= 0.3 is 0 Å².